The second kappa shape index (κ2) is 14.8. The summed E-state index contributed by atoms with van der Waals surface area (Å²) in [5.74, 6) is 0.648. The molecule has 0 heterocycles. The molecule has 0 radical (unpaired) electrons. The van der Waals surface area contributed by atoms with Gasteiger partial charge in [-0.05, 0) is 12.3 Å². The average molecular weight is 237 g/mol. The molecule has 0 saturated heterocycles. The van der Waals surface area contributed by atoms with E-state index in [9.17, 15) is 0 Å². The van der Waals surface area contributed by atoms with E-state index in [1.165, 1.54) is 0 Å². The van der Waals surface area contributed by atoms with Crippen molar-refractivity contribution >= 4 is 0 Å². The van der Waals surface area contributed by atoms with Gasteiger partial charge in [-0.1, -0.05) is 13.8 Å². The Balaban J connectivity index is 0. The first-order valence-corrected chi connectivity index (χ1v) is 5.78. The maximum Gasteiger partial charge on any atom is 0.0558 e. The van der Waals surface area contributed by atoms with Crippen molar-refractivity contribution in [2.24, 2.45) is 5.92 Å². The van der Waals surface area contributed by atoms with Crippen LogP contribution in [0, 0.1) is 5.92 Å². The summed E-state index contributed by atoms with van der Waals surface area (Å²) in [5.41, 5.74) is 0. The van der Waals surface area contributed by atoms with E-state index in [0.717, 1.165) is 6.42 Å². The smallest absolute Gasteiger partial charge is 0.0558 e. The van der Waals surface area contributed by atoms with Crippen molar-refractivity contribution in [3.63, 3.8) is 0 Å². The van der Waals surface area contributed by atoms with Crippen molar-refractivity contribution in [2.45, 2.75) is 20.3 Å². The van der Waals surface area contributed by atoms with Crippen molar-refractivity contribution in [3.05, 3.63) is 0 Å². The fourth-order valence-electron chi connectivity index (χ4n) is 1.02. The lowest BCUT2D eigenvalue weighted by molar-refractivity contribution is 0.136. The minimum atomic E-state index is 0.0694. The van der Waals surface area contributed by atoms with Gasteiger partial charge < -0.3 is 20.4 Å². The van der Waals surface area contributed by atoms with E-state index in [1.54, 1.807) is 4.90 Å². The van der Waals surface area contributed by atoms with Gasteiger partial charge >= 0.3 is 0 Å². The van der Waals surface area contributed by atoms with Crippen LogP contribution < -0.4 is 0 Å². The van der Waals surface area contributed by atoms with Gasteiger partial charge in [0.05, 0.1) is 19.8 Å². The maximum absolute atomic E-state index is 8.48. The number of hydrogen-bond acceptors (Lipinski definition) is 5. The second-order valence-corrected chi connectivity index (χ2v) is 3.92. The molecule has 0 aliphatic heterocycles. The maximum atomic E-state index is 8.48. The molecule has 0 aromatic heterocycles. The summed E-state index contributed by atoms with van der Waals surface area (Å²) in [6, 6.07) is 0. The van der Waals surface area contributed by atoms with Crippen molar-refractivity contribution in [3.8, 4) is 0 Å². The molecule has 0 spiro atoms. The van der Waals surface area contributed by atoms with Gasteiger partial charge in [0.15, 0.2) is 0 Å². The molecule has 16 heavy (non-hydrogen) atoms. The van der Waals surface area contributed by atoms with Gasteiger partial charge in [0.2, 0.25) is 0 Å². The molecular formula is C11H27NO4. The molecule has 0 aromatic rings. The lowest BCUT2D eigenvalue weighted by Gasteiger charge is -2.17. The zero-order valence-electron chi connectivity index (χ0n) is 10.5. The number of aliphatic hydroxyl groups excluding tert-OH is 4. The zero-order valence-corrected chi connectivity index (χ0v) is 10.5. The minimum absolute atomic E-state index is 0.0694. The predicted molar refractivity (Wildman–Crippen MR) is 64.2 cm³/mol. The Morgan fingerprint density at radius 2 is 1.12 bits per heavy atom. The molecule has 5 nitrogen and oxygen atoms in total. The summed E-state index contributed by atoms with van der Waals surface area (Å²) in [5, 5.41) is 33.7. The quantitative estimate of drug-likeness (QED) is 0.448. The minimum Gasteiger partial charge on any atom is -0.396 e. The van der Waals surface area contributed by atoms with Gasteiger partial charge in [0.1, 0.15) is 0 Å². The molecule has 100 valence electrons. The van der Waals surface area contributed by atoms with E-state index in [4.69, 9.17) is 20.4 Å². The standard InChI is InChI=1S/C6H15NO3.C5H12O/c8-4-1-7(2-5-9)3-6-10;1-5(2)3-4-6/h8-10H,1-6H2;5-6H,3-4H2,1-2H3. The molecule has 0 atom stereocenters. The number of nitrogens with zero attached hydrogens (tertiary/aromatic N) is 1. The number of aliphatic hydroxyl groups is 4. The SMILES string of the molecule is CC(C)CCO.OCCN(CCO)CCO. The molecule has 0 bridgehead atoms. The Bertz CT molecular complexity index is 108. The normalized spacial score (nSPS) is 10.5. The van der Waals surface area contributed by atoms with E-state index in [0.29, 0.717) is 32.2 Å². The molecule has 0 aromatic carbocycles. The van der Waals surface area contributed by atoms with Crippen LogP contribution in [0.4, 0.5) is 0 Å². The third kappa shape index (κ3) is 16.2. The van der Waals surface area contributed by atoms with Crippen LogP contribution in [-0.4, -0.2) is 71.4 Å². The molecule has 0 saturated carbocycles. The highest BCUT2D eigenvalue weighted by Gasteiger charge is 2.00. The lowest BCUT2D eigenvalue weighted by atomic mass is 10.2. The Morgan fingerprint density at radius 3 is 1.25 bits per heavy atom. The monoisotopic (exact) mass is 237 g/mol. The summed E-state index contributed by atoms with van der Waals surface area (Å²) in [6.45, 7) is 6.27. The van der Waals surface area contributed by atoms with Crippen LogP contribution in [0.15, 0.2) is 0 Å². The van der Waals surface area contributed by atoms with Crippen molar-refractivity contribution in [2.75, 3.05) is 46.1 Å². The number of rotatable bonds is 8. The van der Waals surface area contributed by atoms with E-state index >= 15 is 0 Å². The fraction of sp³-hybridized carbons (Fsp3) is 1.00. The number of hydrogen-bond donors (Lipinski definition) is 4. The molecule has 0 fully saturated rings. The van der Waals surface area contributed by atoms with E-state index in [1.807, 2.05) is 0 Å². The van der Waals surface area contributed by atoms with Crippen molar-refractivity contribution in [1.29, 1.82) is 0 Å². The first-order valence-electron chi connectivity index (χ1n) is 5.78. The molecule has 0 rings (SSSR count). The molecule has 4 N–H and O–H groups in total. The van der Waals surface area contributed by atoms with Gasteiger partial charge in [-0.3, -0.25) is 4.90 Å². The van der Waals surface area contributed by atoms with Crippen LogP contribution in [0.25, 0.3) is 0 Å². The first-order chi connectivity index (χ1) is 7.62. The van der Waals surface area contributed by atoms with Crippen LogP contribution in [0.2, 0.25) is 0 Å². The highest BCUT2D eigenvalue weighted by atomic mass is 16.3. The van der Waals surface area contributed by atoms with E-state index in [-0.39, 0.29) is 19.8 Å². The predicted octanol–water partition coefficient (Wildman–Crippen LogP) is -0.710. The van der Waals surface area contributed by atoms with Crippen molar-refractivity contribution < 1.29 is 20.4 Å². The third-order valence-electron chi connectivity index (χ3n) is 1.96. The lowest BCUT2D eigenvalue weighted by Crippen LogP contribution is -2.32. The summed E-state index contributed by atoms with van der Waals surface area (Å²) < 4.78 is 0. The Hall–Kier alpha value is -0.200. The third-order valence-corrected chi connectivity index (χ3v) is 1.96. The molecule has 0 aliphatic rings. The van der Waals surface area contributed by atoms with Crippen LogP contribution in [0.5, 0.6) is 0 Å². The first kappa shape index (κ1) is 18.2. The summed E-state index contributed by atoms with van der Waals surface area (Å²) in [7, 11) is 0. The topological polar surface area (TPSA) is 84.2 Å². The molecular weight excluding hydrogens is 210 g/mol. The Kier molecular flexibility index (Phi) is 16.8. The molecule has 0 aliphatic carbocycles. The van der Waals surface area contributed by atoms with Gasteiger partial charge in [-0.2, -0.15) is 0 Å². The second-order valence-electron chi connectivity index (χ2n) is 3.92. The Labute approximate surface area is 98.3 Å². The van der Waals surface area contributed by atoms with Gasteiger partial charge in [-0.15, -0.1) is 0 Å². The van der Waals surface area contributed by atoms with Gasteiger partial charge in [-0.25, -0.2) is 0 Å². The van der Waals surface area contributed by atoms with Gasteiger partial charge in [0.25, 0.3) is 0 Å². The van der Waals surface area contributed by atoms with Crippen LogP contribution in [-0.2, 0) is 0 Å². The van der Waals surface area contributed by atoms with Crippen molar-refractivity contribution in [1.82, 2.24) is 4.90 Å². The van der Waals surface area contributed by atoms with Crippen LogP contribution in [0.1, 0.15) is 20.3 Å². The largest absolute Gasteiger partial charge is 0.396 e. The molecule has 5 heteroatoms. The molecule has 0 unspecified atom stereocenters. The highest BCUT2D eigenvalue weighted by molar-refractivity contribution is 4.54. The van der Waals surface area contributed by atoms with Crippen LogP contribution in [0.3, 0.4) is 0 Å². The highest BCUT2D eigenvalue weighted by Crippen LogP contribution is 1.94. The fourth-order valence-corrected chi connectivity index (χ4v) is 1.02. The van der Waals surface area contributed by atoms with Gasteiger partial charge in [0, 0.05) is 26.2 Å². The Morgan fingerprint density at radius 1 is 0.750 bits per heavy atom. The van der Waals surface area contributed by atoms with E-state index in [2.05, 4.69) is 13.8 Å². The van der Waals surface area contributed by atoms with E-state index < -0.39 is 0 Å². The summed E-state index contributed by atoms with van der Waals surface area (Å²) in [6.07, 6.45) is 0.931. The summed E-state index contributed by atoms with van der Waals surface area (Å²) >= 11 is 0. The van der Waals surface area contributed by atoms with Crippen LogP contribution >= 0.6 is 0 Å². The summed E-state index contributed by atoms with van der Waals surface area (Å²) in [4.78, 5) is 1.79. The average Bonchev–Trinajstić information content (AvgIpc) is 2.19. The molecule has 0 amide bonds. The zero-order chi connectivity index (χ0) is 12.8.